The summed E-state index contributed by atoms with van der Waals surface area (Å²) in [6, 6.07) is 2.14. The molecule has 0 bridgehead atoms. The quantitative estimate of drug-likeness (QED) is 0.601. The van der Waals surface area contributed by atoms with Gasteiger partial charge in [0.1, 0.15) is 0 Å². The molecule has 1 aromatic carbocycles. The van der Waals surface area contributed by atoms with E-state index in [1.807, 2.05) is 0 Å². The number of primary amides is 1. The lowest BCUT2D eigenvalue weighted by Gasteiger charge is -2.29. The third-order valence-electron chi connectivity index (χ3n) is 3.06. The molecule has 1 rings (SSSR count). The third kappa shape index (κ3) is 3.68. The Kier molecular flexibility index (Phi) is 4.85. The Morgan fingerprint density at radius 2 is 2.00 bits per heavy atom. The molecule has 8 heteroatoms. The van der Waals surface area contributed by atoms with Crippen LogP contribution in [0.5, 0.6) is 0 Å². The van der Waals surface area contributed by atoms with Gasteiger partial charge in [0.2, 0.25) is 5.91 Å². The highest BCUT2D eigenvalue weighted by molar-refractivity contribution is 5.91. The van der Waals surface area contributed by atoms with Gasteiger partial charge in [-0.2, -0.15) is 0 Å². The minimum Gasteiger partial charge on any atom is -0.478 e. The summed E-state index contributed by atoms with van der Waals surface area (Å²) in [6.07, 6.45) is 0. The van der Waals surface area contributed by atoms with Gasteiger partial charge in [-0.1, -0.05) is 0 Å². The normalized spacial score (nSPS) is 10.5. The molecule has 1 amide bonds. The van der Waals surface area contributed by atoms with Crippen LogP contribution in [0, 0.1) is 17.0 Å². The lowest BCUT2D eigenvalue weighted by atomic mass is 10.0. The van der Waals surface area contributed by atoms with Crippen molar-refractivity contribution in [1.82, 2.24) is 0 Å². The van der Waals surface area contributed by atoms with E-state index in [4.69, 9.17) is 10.8 Å². The molecule has 0 aliphatic rings. The van der Waals surface area contributed by atoms with Crippen molar-refractivity contribution in [1.29, 1.82) is 0 Å². The minimum absolute atomic E-state index is 0.154. The maximum absolute atomic E-state index is 11.2. The number of nitrogens with two attached hydrogens (primary N) is 1. The van der Waals surface area contributed by atoms with Crippen LogP contribution in [0.1, 0.15) is 29.8 Å². The summed E-state index contributed by atoms with van der Waals surface area (Å²) in [4.78, 5) is 34.2. The fraction of sp³-hybridized carbons (Fsp3) is 0.385. The highest BCUT2D eigenvalue weighted by Crippen LogP contribution is 2.31. The molecule has 0 aliphatic heterocycles. The van der Waals surface area contributed by atoms with Crippen molar-refractivity contribution in [2.24, 2.45) is 5.73 Å². The van der Waals surface area contributed by atoms with Crippen LogP contribution in [0.25, 0.3) is 0 Å². The molecular formula is C13H17N3O5. The van der Waals surface area contributed by atoms with Crippen LogP contribution in [0.15, 0.2) is 12.1 Å². The van der Waals surface area contributed by atoms with Crippen LogP contribution in [0.3, 0.4) is 0 Å². The Bertz CT molecular complexity index is 598. The van der Waals surface area contributed by atoms with Crippen LogP contribution in [-0.2, 0) is 4.79 Å². The number of benzene rings is 1. The van der Waals surface area contributed by atoms with E-state index in [-0.39, 0.29) is 23.8 Å². The third-order valence-corrected chi connectivity index (χ3v) is 3.06. The van der Waals surface area contributed by atoms with E-state index in [1.165, 1.54) is 17.9 Å². The topological polar surface area (TPSA) is 127 Å². The van der Waals surface area contributed by atoms with Gasteiger partial charge in [-0.15, -0.1) is 0 Å². The van der Waals surface area contributed by atoms with Gasteiger partial charge < -0.3 is 15.7 Å². The molecule has 0 atom stereocenters. The lowest BCUT2D eigenvalue weighted by Crippen LogP contribution is -2.39. The number of carboxylic acid groups (broad SMARTS) is 1. The standard InChI is InChI=1S/C13H17N3O5/c1-7(2)15(6-12(14)17)10-4-9(13(18)19)5-11(8(10)3)16(20)21/h4-5,7H,6H2,1-3H3,(H2,14,17)(H,18,19). The van der Waals surface area contributed by atoms with Crippen molar-refractivity contribution in [3.8, 4) is 0 Å². The molecule has 0 saturated heterocycles. The van der Waals surface area contributed by atoms with Gasteiger partial charge in [-0.3, -0.25) is 14.9 Å². The average Bonchev–Trinajstić information content (AvgIpc) is 2.35. The average molecular weight is 295 g/mol. The molecule has 3 N–H and O–H groups in total. The summed E-state index contributed by atoms with van der Waals surface area (Å²) in [5.41, 5.74) is 5.27. The Balaban J connectivity index is 3.54. The summed E-state index contributed by atoms with van der Waals surface area (Å²) in [5, 5.41) is 20.1. The Labute approximate surface area is 121 Å². The second kappa shape index (κ2) is 6.21. The molecule has 0 fully saturated rings. The molecule has 0 aliphatic carbocycles. The predicted molar refractivity (Wildman–Crippen MR) is 76.5 cm³/mol. The van der Waals surface area contributed by atoms with E-state index >= 15 is 0 Å². The number of nitro groups is 1. The van der Waals surface area contributed by atoms with Crippen molar-refractivity contribution < 1.29 is 19.6 Å². The Morgan fingerprint density at radius 3 is 2.38 bits per heavy atom. The van der Waals surface area contributed by atoms with Gasteiger partial charge in [0.25, 0.3) is 5.69 Å². The fourth-order valence-corrected chi connectivity index (χ4v) is 2.01. The molecule has 0 saturated carbocycles. The smallest absolute Gasteiger partial charge is 0.336 e. The molecule has 0 aromatic heterocycles. The number of rotatable bonds is 6. The van der Waals surface area contributed by atoms with Crippen molar-refractivity contribution in [2.75, 3.05) is 11.4 Å². The molecule has 0 heterocycles. The Hall–Kier alpha value is -2.64. The first-order valence-electron chi connectivity index (χ1n) is 6.22. The lowest BCUT2D eigenvalue weighted by molar-refractivity contribution is -0.385. The van der Waals surface area contributed by atoms with Gasteiger partial charge in [0.05, 0.1) is 22.6 Å². The number of nitro benzene ring substituents is 1. The van der Waals surface area contributed by atoms with Crippen LogP contribution < -0.4 is 10.6 Å². The van der Waals surface area contributed by atoms with Gasteiger partial charge in [-0.05, 0) is 26.8 Å². The van der Waals surface area contributed by atoms with Crippen molar-refractivity contribution in [3.05, 3.63) is 33.4 Å². The molecule has 0 spiro atoms. The molecule has 0 radical (unpaired) electrons. The number of nitrogens with zero attached hydrogens (tertiary/aromatic N) is 2. The van der Waals surface area contributed by atoms with Crippen LogP contribution in [-0.4, -0.2) is 34.5 Å². The maximum Gasteiger partial charge on any atom is 0.336 e. The Morgan fingerprint density at radius 1 is 1.43 bits per heavy atom. The van der Waals surface area contributed by atoms with E-state index in [9.17, 15) is 19.7 Å². The summed E-state index contributed by atoms with van der Waals surface area (Å²) < 4.78 is 0. The predicted octanol–water partition coefficient (Wildman–Crippen LogP) is 1.30. The first kappa shape index (κ1) is 16.4. The van der Waals surface area contributed by atoms with E-state index in [0.717, 1.165) is 6.07 Å². The second-order valence-corrected chi connectivity index (χ2v) is 4.89. The van der Waals surface area contributed by atoms with Gasteiger partial charge in [-0.25, -0.2) is 4.79 Å². The molecular weight excluding hydrogens is 278 g/mol. The first-order valence-corrected chi connectivity index (χ1v) is 6.22. The summed E-state index contributed by atoms with van der Waals surface area (Å²) in [5.74, 6) is -1.88. The molecule has 8 nitrogen and oxygen atoms in total. The summed E-state index contributed by atoms with van der Waals surface area (Å²) in [6.45, 7) is 4.91. The highest BCUT2D eigenvalue weighted by atomic mass is 16.6. The fourth-order valence-electron chi connectivity index (χ4n) is 2.01. The highest BCUT2D eigenvalue weighted by Gasteiger charge is 2.24. The van der Waals surface area contributed by atoms with Gasteiger partial charge in [0.15, 0.2) is 0 Å². The van der Waals surface area contributed by atoms with E-state index in [0.29, 0.717) is 11.3 Å². The molecule has 114 valence electrons. The number of hydrogen-bond donors (Lipinski definition) is 2. The number of amides is 1. The maximum atomic E-state index is 11.2. The van der Waals surface area contributed by atoms with Crippen LogP contribution in [0.4, 0.5) is 11.4 Å². The molecule has 0 unspecified atom stereocenters. The monoisotopic (exact) mass is 295 g/mol. The van der Waals surface area contributed by atoms with Crippen molar-refractivity contribution in [2.45, 2.75) is 26.8 Å². The number of anilines is 1. The zero-order chi connectivity index (χ0) is 16.3. The second-order valence-electron chi connectivity index (χ2n) is 4.89. The van der Waals surface area contributed by atoms with Crippen LogP contribution in [0.2, 0.25) is 0 Å². The zero-order valence-corrected chi connectivity index (χ0v) is 12.0. The number of carbonyl (C=O) groups excluding carboxylic acids is 1. The van der Waals surface area contributed by atoms with E-state index < -0.39 is 16.8 Å². The minimum atomic E-state index is -1.28. The molecule has 21 heavy (non-hydrogen) atoms. The van der Waals surface area contributed by atoms with Crippen molar-refractivity contribution in [3.63, 3.8) is 0 Å². The summed E-state index contributed by atoms with van der Waals surface area (Å²) >= 11 is 0. The van der Waals surface area contributed by atoms with Crippen LogP contribution >= 0.6 is 0 Å². The first-order chi connectivity index (χ1) is 9.65. The number of carboxylic acids is 1. The van der Waals surface area contributed by atoms with Crippen molar-refractivity contribution >= 4 is 23.3 Å². The van der Waals surface area contributed by atoms with Gasteiger partial charge >= 0.3 is 5.97 Å². The number of carbonyl (C=O) groups is 2. The number of hydrogen-bond acceptors (Lipinski definition) is 5. The van der Waals surface area contributed by atoms with E-state index in [2.05, 4.69) is 0 Å². The zero-order valence-electron chi connectivity index (χ0n) is 12.0. The molecule has 1 aromatic rings. The SMILES string of the molecule is Cc1c(N(CC(N)=O)C(C)C)cc(C(=O)O)cc1[N+](=O)[O-]. The number of aromatic carboxylic acids is 1. The largest absolute Gasteiger partial charge is 0.478 e. The van der Waals surface area contributed by atoms with Gasteiger partial charge in [0, 0.05) is 17.8 Å². The van der Waals surface area contributed by atoms with E-state index in [1.54, 1.807) is 13.8 Å². The summed E-state index contributed by atoms with van der Waals surface area (Å²) in [7, 11) is 0.